The van der Waals surface area contributed by atoms with E-state index >= 15 is 0 Å². The molecule has 4 heteroatoms. The van der Waals surface area contributed by atoms with Crippen LogP contribution < -0.4 is 5.32 Å². The van der Waals surface area contributed by atoms with Crippen LogP contribution in [0.2, 0.25) is 0 Å². The Labute approximate surface area is 120 Å². The number of aromatic nitrogens is 2. The summed E-state index contributed by atoms with van der Waals surface area (Å²) in [6.07, 6.45) is -0.322. The lowest BCUT2D eigenvalue weighted by atomic mass is 10.1. The number of hydrogen-bond donors (Lipinski definition) is 2. The third kappa shape index (κ3) is 3.02. The number of aliphatic hydroxyl groups excluding tert-OH is 1. The van der Waals surface area contributed by atoms with E-state index < -0.39 is 0 Å². The molecule has 2 aromatic rings. The zero-order valence-electron chi connectivity index (χ0n) is 12.8. The number of aryl methyl sites for hydroxylation is 1. The predicted molar refractivity (Wildman–Crippen MR) is 82.7 cm³/mol. The molecule has 0 aliphatic heterocycles. The molecule has 1 heterocycles. The molecule has 2 rings (SSSR count). The molecule has 0 spiro atoms. The van der Waals surface area contributed by atoms with Gasteiger partial charge in [-0.2, -0.15) is 0 Å². The van der Waals surface area contributed by atoms with Crippen molar-refractivity contribution in [3.8, 4) is 0 Å². The lowest BCUT2D eigenvalue weighted by Crippen LogP contribution is -2.33. The smallest absolute Gasteiger partial charge is 0.126 e. The van der Waals surface area contributed by atoms with E-state index in [-0.39, 0.29) is 18.1 Å². The Kier molecular flexibility index (Phi) is 4.78. The lowest BCUT2D eigenvalue weighted by Gasteiger charge is -2.19. The molecule has 1 aromatic heterocycles. The fourth-order valence-corrected chi connectivity index (χ4v) is 2.38. The van der Waals surface area contributed by atoms with Crippen LogP contribution in [0.25, 0.3) is 11.0 Å². The summed E-state index contributed by atoms with van der Waals surface area (Å²) in [5, 5.41) is 13.3. The highest BCUT2D eigenvalue weighted by Crippen LogP contribution is 2.20. The third-order valence-electron chi connectivity index (χ3n) is 3.79. The van der Waals surface area contributed by atoms with E-state index in [1.807, 2.05) is 32.0 Å². The second-order valence-corrected chi connectivity index (χ2v) is 5.64. The largest absolute Gasteiger partial charge is 0.392 e. The van der Waals surface area contributed by atoms with Crippen molar-refractivity contribution < 1.29 is 5.11 Å². The van der Waals surface area contributed by atoms with Gasteiger partial charge in [0.1, 0.15) is 5.82 Å². The Bertz CT molecular complexity index is 562. The van der Waals surface area contributed by atoms with Gasteiger partial charge in [-0.25, -0.2) is 4.98 Å². The zero-order chi connectivity index (χ0) is 14.7. The number of benzene rings is 1. The number of fused-ring (bicyclic) bond motifs is 1. The highest BCUT2D eigenvalue weighted by atomic mass is 16.3. The number of nitrogens with zero attached hydrogens (tertiary/aromatic N) is 2. The maximum atomic E-state index is 9.90. The maximum Gasteiger partial charge on any atom is 0.126 e. The van der Waals surface area contributed by atoms with Gasteiger partial charge < -0.3 is 15.0 Å². The molecule has 4 nitrogen and oxygen atoms in total. The van der Waals surface area contributed by atoms with Crippen LogP contribution in [-0.2, 0) is 6.54 Å². The molecule has 0 aliphatic carbocycles. The van der Waals surface area contributed by atoms with E-state index in [0.717, 1.165) is 17.9 Å². The lowest BCUT2D eigenvalue weighted by molar-refractivity contribution is 0.120. The first-order chi connectivity index (χ1) is 9.54. The summed E-state index contributed by atoms with van der Waals surface area (Å²) in [6.45, 7) is 9.77. The van der Waals surface area contributed by atoms with E-state index in [1.165, 1.54) is 5.52 Å². The fourth-order valence-electron chi connectivity index (χ4n) is 2.38. The van der Waals surface area contributed by atoms with Crippen molar-refractivity contribution in [2.75, 3.05) is 6.54 Å². The molecule has 0 bridgehead atoms. The predicted octanol–water partition coefficient (Wildman–Crippen LogP) is 2.72. The summed E-state index contributed by atoms with van der Waals surface area (Å²) in [4.78, 5) is 4.73. The van der Waals surface area contributed by atoms with Crippen molar-refractivity contribution in [3.05, 3.63) is 30.1 Å². The van der Waals surface area contributed by atoms with E-state index in [9.17, 15) is 5.11 Å². The van der Waals surface area contributed by atoms with Gasteiger partial charge in [0.2, 0.25) is 0 Å². The average molecular weight is 275 g/mol. The fraction of sp³-hybridized carbons (Fsp3) is 0.562. The van der Waals surface area contributed by atoms with Gasteiger partial charge in [0.25, 0.3) is 0 Å². The molecule has 2 N–H and O–H groups in total. The van der Waals surface area contributed by atoms with Gasteiger partial charge in [-0.3, -0.25) is 0 Å². The van der Waals surface area contributed by atoms with Gasteiger partial charge >= 0.3 is 0 Å². The standard InChI is InChI=1S/C16H25N3O/c1-5-19-14-9-7-6-8-13(14)18-16(19)12(4)17-10-15(20)11(2)3/h6-9,11-12,15,17,20H,5,10H2,1-4H3. The van der Waals surface area contributed by atoms with Crippen LogP contribution in [0.4, 0.5) is 0 Å². The van der Waals surface area contributed by atoms with E-state index in [1.54, 1.807) is 0 Å². The summed E-state index contributed by atoms with van der Waals surface area (Å²) in [7, 11) is 0. The normalized spacial score (nSPS) is 14.9. The van der Waals surface area contributed by atoms with Crippen LogP contribution in [0.5, 0.6) is 0 Å². The number of hydrogen-bond acceptors (Lipinski definition) is 3. The van der Waals surface area contributed by atoms with E-state index in [2.05, 4.69) is 29.8 Å². The van der Waals surface area contributed by atoms with Crippen molar-refractivity contribution in [3.63, 3.8) is 0 Å². The van der Waals surface area contributed by atoms with Gasteiger partial charge in [0, 0.05) is 13.1 Å². The van der Waals surface area contributed by atoms with Gasteiger partial charge in [-0.1, -0.05) is 26.0 Å². The minimum atomic E-state index is -0.322. The van der Waals surface area contributed by atoms with Crippen molar-refractivity contribution in [1.82, 2.24) is 14.9 Å². The van der Waals surface area contributed by atoms with Crippen LogP contribution in [0.15, 0.2) is 24.3 Å². The summed E-state index contributed by atoms with van der Waals surface area (Å²) in [6, 6.07) is 8.32. The maximum absolute atomic E-state index is 9.90. The molecule has 2 atom stereocenters. The Morgan fingerprint density at radius 1 is 1.25 bits per heavy atom. The molecule has 0 saturated carbocycles. The minimum absolute atomic E-state index is 0.121. The Morgan fingerprint density at radius 2 is 1.95 bits per heavy atom. The van der Waals surface area contributed by atoms with Crippen LogP contribution in [0.1, 0.15) is 39.6 Å². The van der Waals surface area contributed by atoms with E-state index in [4.69, 9.17) is 4.98 Å². The number of imidazole rings is 1. The van der Waals surface area contributed by atoms with Crippen molar-refractivity contribution in [2.45, 2.75) is 46.4 Å². The second-order valence-electron chi connectivity index (χ2n) is 5.64. The first-order valence-electron chi connectivity index (χ1n) is 7.41. The molecule has 0 radical (unpaired) electrons. The summed E-state index contributed by atoms with van der Waals surface area (Å²) in [5.74, 6) is 1.30. The first-order valence-corrected chi connectivity index (χ1v) is 7.41. The monoisotopic (exact) mass is 275 g/mol. The minimum Gasteiger partial charge on any atom is -0.392 e. The number of para-hydroxylation sites is 2. The highest BCUT2D eigenvalue weighted by molar-refractivity contribution is 5.76. The number of aliphatic hydroxyl groups is 1. The van der Waals surface area contributed by atoms with Gasteiger partial charge in [0.05, 0.1) is 23.2 Å². The number of rotatable bonds is 6. The molecule has 0 saturated heterocycles. The second kappa shape index (κ2) is 6.37. The molecule has 0 fully saturated rings. The van der Waals surface area contributed by atoms with Gasteiger partial charge in [0.15, 0.2) is 0 Å². The van der Waals surface area contributed by atoms with Crippen LogP contribution >= 0.6 is 0 Å². The van der Waals surface area contributed by atoms with Crippen molar-refractivity contribution >= 4 is 11.0 Å². The molecular weight excluding hydrogens is 250 g/mol. The topological polar surface area (TPSA) is 50.1 Å². The highest BCUT2D eigenvalue weighted by Gasteiger charge is 2.17. The zero-order valence-corrected chi connectivity index (χ0v) is 12.8. The summed E-state index contributed by atoms with van der Waals surface area (Å²) >= 11 is 0. The Balaban J connectivity index is 2.19. The van der Waals surface area contributed by atoms with Gasteiger partial charge in [-0.15, -0.1) is 0 Å². The first kappa shape index (κ1) is 15.0. The molecular formula is C16H25N3O. The van der Waals surface area contributed by atoms with Crippen LogP contribution in [-0.4, -0.2) is 27.3 Å². The van der Waals surface area contributed by atoms with Crippen LogP contribution in [0.3, 0.4) is 0 Å². The number of nitrogens with one attached hydrogen (secondary N) is 1. The average Bonchev–Trinajstić information content (AvgIpc) is 2.82. The SMILES string of the molecule is CCn1c(C(C)NCC(O)C(C)C)nc2ccccc21. The Morgan fingerprint density at radius 3 is 2.60 bits per heavy atom. The van der Waals surface area contributed by atoms with Gasteiger partial charge in [-0.05, 0) is 31.9 Å². The molecule has 20 heavy (non-hydrogen) atoms. The molecule has 0 aliphatic rings. The quantitative estimate of drug-likeness (QED) is 0.852. The third-order valence-corrected chi connectivity index (χ3v) is 3.79. The molecule has 2 unspecified atom stereocenters. The Hall–Kier alpha value is -1.39. The van der Waals surface area contributed by atoms with Crippen LogP contribution in [0, 0.1) is 5.92 Å². The van der Waals surface area contributed by atoms with Crippen molar-refractivity contribution in [1.29, 1.82) is 0 Å². The molecule has 0 amide bonds. The molecule has 110 valence electrons. The van der Waals surface area contributed by atoms with Crippen molar-refractivity contribution in [2.24, 2.45) is 5.92 Å². The summed E-state index contributed by atoms with van der Waals surface area (Å²) < 4.78 is 2.23. The molecule has 1 aromatic carbocycles. The van der Waals surface area contributed by atoms with E-state index in [0.29, 0.717) is 6.54 Å². The summed E-state index contributed by atoms with van der Waals surface area (Å²) in [5.41, 5.74) is 2.20.